The van der Waals surface area contributed by atoms with Crippen LogP contribution in [0.3, 0.4) is 0 Å². The molecule has 4 heterocycles. The lowest BCUT2D eigenvalue weighted by molar-refractivity contribution is -0.120. The first-order valence-electron chi connectivity index (χ1n) is 8.83. The van der Waals surface area contributed by atoms with Gasteiger partial charge in [-0.05, 0) is 11.6 Å². The number of fused-ring (bicyclic) bond motifs is 3. The monoisotopic (exact) mass is 375 g/mol. The summed E-state index contributed by atoms with van der Waals surface area (Å²) in [5.74, 6) is 1.27. The van der Waals surface area contributed by atoms with Gasteiger partial charge in [-0.15, -0.1) is 0 Å². The lowest BCUT2D eigenvalue weighted by atomic mass is 10.0. The Morgan fingerprint density at radius 2 is 1.96 bits per heavy atom. The minimum absolute atomic E-state index is 0. The number of pyridine rings is 1. The van der Waals surface area contributed by atoms with Gasteiger partial charge in [-0.25, -0.2) is 9.97 Å². The largest absolute Gasteiger partial charge is 0.377 e. The van der Waals surface area contributed by atoms with Crippen LogP contribution in [0, 0.1) is 0 Å². The molecule has 0 spiro atoms. The molecule has 7 nitrogen and oxygen atoms in total. The summed E-state index contributed by atoms with van der Waals surface area (Å²) in [5.41, 5.74) is 3.56. The first-order chi connectivity index (χ1) is 13.3. The van der Waals surface area contributed by atoms with Gasteiger partial charge in [0.1, 0.15) is 11.7 Å². The molecule has 2 aliphatic rings. The molecule has 0 radical (unpaired) electrons. The number of morpholine rings is 1. The van der Waals surface area contributed by atoms with Gasteiger partial charge in [-0.2, -0.15) is 0 Å². The molecule has 1 atom stereocenters. The molecule has 5 rings (SSSR count). The van der Waals surface area contributed by atoms with E-state index in [-0.39, 0.29) is 19.4 Å². The summed E-state index contributed by atoms with van der Waals surface area (Å²) in [7, 11) is 0. The zero-order valence-electron chi connectivity index (χ0n) is 14.5. The number of nitrogens with one attached hydrogen (secondary N) is 1. The van der Waals surface area contributed by atoms with Crippen LogP contribution < -0.4 is 10.2 Å². The van der Waals surface area contributed by atoms with Crippen molar-refractivity contribution in [2.45, 2.75) is 13.5 Å². The number of carbonyl (C=O) groups excluding carboxylic acids is 1. The second kappa shape index (κ2) is 7.36. The number of aromatic nitrogens is 3. The maximum atomic E-state index is 12.3. The zero-order valence-corrected chi connectivity index (χ0v) is 14.5. The molecule has 1 N–H and O–H groups in total. The number of rotatable bonds is 2. The average molecular weight is 375 g/mol. The Kier molecular flexibility index (Phi) is 4.75. The molecule has 1 aromatic carbocycles. The van der Waals surface area contributed by atoms with Crippen molar-refractivity contribution in [1.82, 2.24) is 15.0 Å². The predicted molar refractivity (Wildman–Crippen MR) is 108 cm³/mol. The van der Waals surface area contributed by atoms with E-state index in [1.54, 1.807) is 12.4 Å². The molecule has 2 aromatic heterocycles. The van der Waals surface area contributed by atoms with Gasteiger partial charge >= 0.3 is 0 Å². The Balaban J connectivity index is 0.00000192. The summed E-state index contributed by atoms with van der Waals surface area (Å²) in [6.07, 6.45) is 5.24. The number of hydrogen-bond acceptors (Lipinski definition) is 6. The Bertz CT molecular complexity index is 1010. The molecule has 1 amide bonds. The second-order valence-electron chi connectivity index (χ2n) is 6.49. The third kappa shape index (κ3) is 2.99. The third-order valence-electron chi connectivity index (χ3n) is 4.88. The van der Waals surface area contributed by atoms with Crippen molar-refractivity contribution in [1.29, 1.82) is 0 Å². The molecule has 1 fully saturated rings. The van der Waals surface area contributed by atoms with Gasteiger partial charge in [0.05, 0.1) is 19.4 Å². The van der Waals surface area contributed by atoms with Crippen molar-refractivity contribution in [3.63, 3.8) is 0 Å². The van der Waals surface area contributed by atoms with Gasteiger partial charge in [0, 0.05) is 30.1 Å². The fraction of sp³-hybridized carbons (Fsp3) is 0.238. The number of hydrogen-bond donors (Lipinski definition) is 1. The minimum Gasteiger partial charge on any atom is -0.377 e. The normalized spacial score (nSPS) is 17.8. The van der Waals surface area contributed by atoms with Crippen LogP contribution in [0.1, 0.15) is 7.43 Å². The highest BCUT2D eigenvalue weighted by molar-refractivity contribution is 6.03. The molecule has 7 heteroatoms. The van der Waals surface area contributed by atoms with Crippen molar-refractivity contribution >= 4 is 17.4 Å². The molecular weight excluding hydrogens is 354 g/mol. The van der Waals surface area contributed by atoms with Gasteiger partial charge in [0.15, 0.2) is 11.6 Å². The van der Waals surface area contributed by atoms with E-state index in [4.69, 9.17) is 9.72 Å². The topological polar surface area (TPSA) is 80.2 Å². The van der Waals surface area contributed by atoms with Crippen LogP contribution in [0.5, 0.6) is 0 Å². The Morgan fingerprint density at radius 1 is 1.11 bits per heavy atom. The van der Waals surface area contributed by atoms with E-state index in [9.17, 15) is 4.79 Å². The Morgan fingerprint density at radius 3 is 2.82 bits per heavy atom. The van der Waals surface area contributed by atoms with Crippen LogP contribution in [0.2, 0.25) is 0 Å². The highest BCUT2D eigenvalue weighted by Gasteiger charge is 2.36. The molecular formula is C21H21N5O2. The average Bonchev–Trinajstić information content (AvgIpc) is 2.74. The fourth-order valence-electron chi connectivity index (χ4n) is 3.54. The van der Waals surface area contributed by atoms with Gasteiger partial charge in [-0.3, -0.25) is 9.78 Å². The Labute approximate surface area is 163 Å². The number of anilines is 2. The molecule has 28 heavy (non-hydrogen) atoms. The van der Waals surface area contributed by atoms with Crippen molar-refractivity contribution in [3.8, 4) is 22.5 Å². The highest BCUT2D eigenvalue weighted by atomic mass is 16.5. The number of benzene rings is 1. The highest BCUT2D eigenvalue weighted by Crippen LogP contribution is 2.35. The molecule has 2 aliphatic heterocycles. The van der Waals surface area contributed by atoms with Crippen LogP contribution in [-0.4, -0.2) is 46.7 Å². The van der Waals surface area contributed by atoms with Crippen LogP contribution in [0.15, 0.2) is 55.0 Å². The van der Waals surface area contributed by atoms with Gasteiger partial charge in [0.2, 0.25) is 5.91 Å². The van der Waals surface area contributed by atoms with E-state index >= 15 is 0 Å². The van der Waals surface area contributed by atoms with E-state index < -0.39 is 0 Å². The van der Waals surface area contributed by atoms with E-state index in [0.717, 1.165) is 22.5 Å². The predicted octanol–water partition coefficient (Wildman–Crippen LogP) is 3.00. The molecule has 3 aromatic rings. The van der Waals surface area contributed by atoms with E-state index in [0.29, 0.717) is 31.3 Å². The molecule has 0 saturated carbocycles. The summed E-state index contributed by atoms with van der Waals surface area (Å²) in [6, 6.07) is 11.6. The van der Waals surface area contributed by atoms with Crippen LogP contribution in [-0.2, 0) is 9.53 Å². The van der Waals surface area contributed by atoms with Crippen molar-refractivity contribution in [2.75, 3.05) is 30.0 Å². The van der Waals surface area contributed by atoms with Crippen molar-refractivity contribution in [2.24, 2.45) is 0 Å². The molecule has 142 valence electrons. The third-order valence-corrected chi connectivity index (χ3v) is 4.88. The number of ether oxygens (including phenoxy) is 1. The number of carbonyl (C=O) groups is 1. The smallest absolute Gasteiger partial charge is 0.249 e. The maximum Gasteiger partial charge on any atom is 0.249 e. The number of amides is 1. The van der Waals surface area contributed by atoms with Crippen LogP contribution in [0.25, 0.3) is 22.5 Å². The van der Waals surface area contributed by atoms with E-state index in [1.165, 1.54) is 0 Å². The van der Waals surface area contributed by atoms with E-state index in [2.05, 4.69) is 15.3 Å². The SMILES string of the molecule is C.O=C1Nc2cnc(-c3ccncc3-c3ccccc3)nc2N2CCOCC12. The lowest BCUT2D eigenvalue weighted by Gasteiger charge is -2.39. The fourth-order valence-corrected chi connectivity index (χ4v) is 3.54. The molecule has 0 aliphatic carbocycles. The maximum absolute atomic E-state index is 12.3. The van der Waals surface area contributed by atoms with Crippen LogP contribution in [0.4, 0.5) is 11.5 Å². The number of nitrogens with zero attached hydrogens (tertiary/aromatic N) is 4. The van der Waals surface area contributed by atoms with Gasteiger partial charge in [0.25, 0.3) is 0 Å². The van der Waals surface area contributed by atoms with Crippen molar-refractivity contribution < 1.29 is 9.53 Å². The quantitative estimate of drug-likeness (QED) is 0.742. The van der Waals surface area contributed by atoms with Crippen LogP contribution >= 0.6 is 0 Å². The zero-order chi connectivity index (χ0) is 18.2. The first-order valence-corrected chi connectivity index (χ1v) is 8.83. The summed E-state index contributed by atoms with van der Waals surface area (Å²) in [5, 5.41) is 2.89. The van der Waals surface area contributed by atoms with Crippen molar-refractivity contribution in [3.05, 3.63) is 55.0 Å². The first kappa shape index (κ1) is 18.1. The standard InChI is InChI=1S/C20H17N5O2.CH4/c26-20-17-12-27-9-8-25(17)19-16(23-20)11-22-18(24-19)14-6-7-21-10-15(14)13-4-2-1-3-5-13;/h1-7,10-11,17H,8-9,12H2,(H,23,26);1H4. The van der Waals surface area contributed by atoms with Gasteiger partial charge in [-0.1, -0.05) is 37.8 Å². The summed E-state index contributed by atoms with van der Waals surface area (Å²) >= 11 is 0. The molecule has 0 bridgehead atoms. The lowest BCUT2D eigenvalue weighted by Crippen LogP contribution is -2.55. The minimum atomic E-state index is -0.347. The molecule has 1 saturated heterocycles. The molecule has 1 unspecified atom stereocenters. The summed E-state index contributed by atoms with van der Waals surface area (Å²) in [4.78, 5) is 27.9. The summed E-state index contributed by atoms with van der Waals surface area (Å²) in [6.45, 7) is 1.58. The second-order valence-corrected chi connectivity index (χ2v) is 6.49. The Hall–Kier alpha value is -3.32. The summed E-state index contributed by atoms with van der Waals surface area (Å²) < 4.78 is 5.46. The van der Waals surface area contributed by atoms with Gasteiger partial charge < -0.3 is 15.0 Å². The van der Waals surface area contributed by atoms with E-state index in [1.807, 2.05) is 47.5 Å².